The zero-order chi connectivity index (χ0) is 16.4. The predicted octanol–water partition coefficient (Wildman–Crippen LogP) is 4.39. The van der Waals surface area contributed by atoms with E-state index in [1.165, 1.54) is 12.1 Å². The van der Waals surface area contributed by atoms with E-state index in [4.69, 9.17) is 49.0 Å². The fourth-order valence-corrected chi connectivity index (χ4v) is 2.86. The van der Waals surface area contributed by atoms with Crippen molar-refractivity contribution >= 4 is 46.4 Å². The Kier molecular flexibility index (Phi) is 4.71. The lowest BCUT2D eigenvalue weighted by Crippen LogP contribution is -2.20. The van der Waals surface area contributed by atoms with Crippen molar-refractivity contribution in [3.63, 3.8) is 0 Å². The van der Waals surface area contributed by atoms with Crippen molar-refractivity contribution in [2.24, 2.45) is 0 Å². The molecule has 0 atom stereocenters. The van der Waals surface area contributed by atoms with E-state index in [0.29, 0.717) is 22.3 Å². The Bertz CT molecular complexity index is 743. The van der Waals surface area contributed by atoms with E-state index in [1.807, 2.05) is 0 Å². The van der Waals surface area contributed by atoms with Gasteiger partial charge in [0, 0.05) is 11.1 Å². The molecule has 3 rings (SSSR count). The third kappa shape index (κ3) is 3.75. The Balaban J connectivity index is 1.62. The van der Waals surface area contributed by atoms with Gasteiger partial charge in [-0.1, -0.05) is 34.8 Å². The number of ether oxygens (including phenoxy) is 3. The first kappa shape index (κ1) is 16.1. The number of amides is 1. The first-order valence-electron chi connectivity index (χ1n) is 6.50. The summed E-state index contributed by atoms with van der Waals surface area (Å²) in [6.45, 7) is -0.0399. The Morgan fingerprint density at radius 2 is 1.78 bits per heavy atom. The average Bonchev–Trinajstić information content (AvgIpc) is 2.96. The van der Waals surface area contributed by atoms with E-state index in [2.05, 4.69) is 5.32 Å². The number of hydrogen-bond donors (Lipinski definition) is 1. The van der Waals surface area contributed by atoms with Crippen molar-refractivity contribution in [3.8, 4) is 17.2 Å². The highest BCUT2D eigenvalue weighted by Crippen LogP contribution is 2.35. The molecule has 1 amide bonds. The highest BCUT2D eigenvalue weighted by molar-refractivity contribution is 6.42. The Hall–Kier alpha value is -1.82. The molecule has 0 bridgehead atoms. The molecule has 0 saturated carbocycles. The molecule has 0 spiro atoms. The zero-order valence-electron chi connectivity index (χ0n) is 11.6. The molecule has 0 fully saturated rings. The normalized spacial score (nSPS) is 12.1. The molecule has 8 heteroatoms. The number of fused-ring (bicyclic) bond motifs is 1. The topological polar surface area (TPSA) is 56.8 Å². The molecule has 0 saturated heterocycles. The molecule has 0 unspecified atom stereocenters. The van der Waals surface area contributed by atoms with Gasteiger partial charge in [0.25, 0.3) is 5.91 Å². The van der Waals surface area contributed by atoms with Gasteiger partial charge < -0.3 is 19.5 Å². The molecular weight excluding hydrogens is 365 g/mol. The molecule has 1 heterocycles. The minimum atomic E-state index is -0.409. The average molecular weight is 375 g/mol. The number of carbonyl (C=O) groups excluding carboxylic acids is 1. The van der Waals surface area contributed by atoms with Crippen LogP contribution in [0.4, 0.5) is 5.69 Å². The maximum atomic E-state index is 12.0. The van der Waals surface area contributed by atoms with Crippen LogP contribution >= 0.6 is 34.8 Å². The SMILES string of the molecule is O=C(COc1ccc2c(c1)OCO2)Nc1c(Cl)cc(Cl)cc1Cl. The molecule has 2 aromatic rings. The molecule has 1 aliphatic heterocycles. The molecule has 120 valence electrons. The third-order valence-electron chi connectivity index (χ3n) is 2.99. The first-order chi connectivity index (χ1) is 11.0. The van der Waals surface area contributed by atoms with E-state index in [9.17, 15) is 4.79 Å². The smallest absolute Gasteiger partial charge is 0.262 e. The molecule has 23 heavy (non-hydrogen) atoms. The summed E-state index contributed by atoms with van der Waals surface area (Å²) in [5, 5.41) is 3.47. The van der Waals surface area contributed by atoms with Crippen LogP contribution in [-0.2, 0) is 4.79 Å². The number of anilines is 1. The van der Waals surface area contributed by atoms with Gasteiger partial charge in [0.05, 0.1) is 15.7 Å². The van der Waals surface area contributed by atoms with Crippen LogP contribution in [0.2, 0.25) is 15.1 Å². The van der Waals surface area contributed by atoms with Crippen molar-refractivity contribution in [2.45, 2.75) is 0 Å². The zero-order valence-corrected chi connectivity index (χ0v) is 13.8. The van der Waals surface area contributed by atoms with Crippen molar-refractivity contribution in [3.05, 3.63) is 45.4 Å². The van der Waals surface area contributed by atoms with Crippen LogP contribution in [0.25, 0.3) is 0 Å². The summed E-state index contributed by atoms with van der Waals surface area (Å²) in [7, 11) is 0. The van der Waals surface area contributed by atoms with E-state index >= 15 is 0 Å². The number of benzene rings is 2. The van der Waals surface area contributed by atoms with Gasteiger partial charge in [0.1, 0.15) is 5.75 Å². The molecule has 1 aliphatic rings. The third-order valence-corrected chi connectivity index (χ3v) is 3.80. The lowest BCUT2D eigenvalue weighted by atomic mass is 10.3. The maximum absolute atomic E-state index is 12.0. The van der Waals surface area contributed by atoms with Gasteiger partial charge in [0.2, 0.25) is 6.79 Å². The number of hydrogen-bond acceptors (Lipinski definition) is 4. The predicted molar refractivity (Wildman–Crippen MR) is 88.2 cm³/mol. The van der Waals surface area contributed by atoms with Crippen LogP contribution in [0, 0.1) is 0 Å². The van der Waals surface area contributed by atoms with Gasteiger partial charge in [-0.25, -0.2) is 0 Å². The summed E-state index contributed by atoms with van der Waals surface area (Å²) in [6, 6.07) is 8.02. The van der Waals surface area contributed by atoms with Crippen LogP contribution < -0.4 is 19.5 Å². The number of rotatable bonds is 4. The number of halogens is 3. The van der Waals surface area contributed by atoms with Gasteiger partial charge in [-0.15, -0.1) is 0 Å². The highest BCUT2D eigenvalue weighted by Gasteiger charge is 2.15. The second kappa shape index (κ2) is 6.74. The van der Waals surface area contributed by atoms with Gasteiger partial charge >= 0.3 is 0 Å². The van der Waals surface area contributed by atoms with E-state index in [1.54, 1.807) is 18.2 Å². The van der Waals surface area contributed by atoms with Crippen LogP contribution in [0.5, 0.6) is 17.2 Å². The van der Waals surface area contributed by atoms with Crippen molar-refractivity contribution < 1.29 is 19.0 Å². The molecule has 2 aromatic carbocycles. The molecule has 5 nitrogen and oxygen atoms in total. The van der Waals surface area contributed by atoms with Crippen molar-refractivity contribution in [2.75, 3.05) is 18.7 Å². The maximum Gasteiger partial charge on any atom is 0.262 e. The Labute approximate surface area is 147 Å². The molecular formula is C15H10Cl3NO4. The van der Waals surface area contributed by atoms with Crippen LogP contribution in [0.1, 0.15) is 0 Å². The second-order valence-electron chi connectivity index (χ2n) is 4.60. The van der Waals surface area contributed by atoms with Gasteiger partial charge in [-0.3, -0.25) is 4.79 Å². The molecule has 0 aromatic heterocycles. The van der Waals surface area contributed by atoms with Crippen molar-refractivity contribution in [1.29, 1.82) is 0 Å². The minimum absolute atomic E-state index is 0.173. The minimum Gasteiger partial charge on any atom is -0.484 e. The van der Waals surface area contributed by atoms with Crippen LogP contribution in [0.15, 0.2) is 30.3 Å². The quantitative estimate of drug-likeness (QED) is 0.862. The standard InChI is InChI=1S/C15H10Cl3NO4/c16-8-3-10(17)15(11(18)4-8)19-14(20)6-21-9-1-2-12-13(5-9)23-7-22-12/h1-5H,6-7H2,(H,19,20). The monoisotopic (exact) mass is 373 g/mol. The van der Waals surface area contributed by atoms with Gasteiger partial charge in [-0.2, -0.15) is 0 Å². The van der Waals surface area contributed by atoms with E-state index in [-0.39, 0.29) is 29.1 Å². The molecule has 1 N–H and O–H groups in total. The summed E-state index contributed by atoms with van der Waals surface area (Å²) >= 11 is 17.8. The highest BCUT2D eigenvalue weighted by atomic mass is 35.5. The van der Waals surface area contributed by atoms with Crippen LogP contribution in [-0.4, -0.2) is 19.3 Å². The van der Waals surface area contributed by atoms with Gasteiger partial charge in [0.15, 0.2) is 18.1 Å². The Morgan fingerprint density at radius 3 is 2.52 bits per heavy atom. The van der Waals surface area contributed by atoms with Crippen molar-refractivity contribution in [1.82, 2.24) is 0 Å². The van der Waals surface area contributed by atoms with E-state index < -0.39 is 5.91 Å². The second-order valence-corrected chi connectivity index (χ2v) is 5.85. The summed E-state index contributed by atoms with van der Waals surface area (Å²) in [4.78, 5) is 12.0. The number of nitrogens with one attached hydrogen (secondary N) is 1. The van der Waals surface area contributed by atoms with Crippen LogP contribution in [0.3, 0.4) is 0 Å². The first-order valence-corrected chi connectivity index (χ1v) is 7.63. The fraction of sp³-hybridized carbons (Fsp3) is 0.133. The largest absolute Gasteiger partial charge is 0.484 e. The summed E-state index contributed by atoms with van der Waals surface area (Å²) in [5.41, 5.74) is 0.289. The Morgan fingerprint density at radius 1 is 1.09 bits per heavy atom. The molecule has 0 radical (unpaired) electrons. The number of carbonyl (C=O) groups is 1. The summed E-state index contributed by atoms with van der Waals surface area (Å²) in [5.74, 6) is 1.29. The lowest BCUT2D eigenvalue weighted by Gasteiger charge is -2.11. The molecule has 0 aliphatic carbocycles. The van der Waals surface area contributed by atoms with Gasteiger partial charge in [-0.05, 0) is 24.3 Å². The fourth-order valence-electron chi connectivity index (χ4n) is 1.95. The summed E-state index contributed by atoms with van der Waals surface area (Å²) < 4.78 is 15.8. The summed E-state index contributed by atoms with van der Waals surface area (Å²) in [6.07, 6.45) is 0. The van der Waals surface area contributed by atoms with E-state index in [0.717, 1.165) is 0 Å². The lowest BCUT2D eigenvalue weighted by molar-refractivity contribution is -0.118.